The quantitative estimate of drug-likeness (QED) is 0.307. The zero-order valence-electron chi connectivity index (χ0n) is 8.69. The third-order valence-corrected chi connectivity index (χ3v) is 3.65. The van der Waals surface area contributed by atoms with E-state index in [0.717, 1.165) is 12.0 Å². The van der Waals surface area contributed by atoms with Crippen molar-refractivity contribution >= 4 is 5.84 Å². The monoisotopic (exact) mass is 197 g/mol. The molecule has 1 aliphatic carbocycles. The average molecular weight is 197 g/mol. The highest BCUT2D eigenvalue weighted by molar-refractivity contribution is 5.80. The highest BCUT2D eigenvalue weighted by Gasteiger charge is 2.39. The van der Waals surface area contributed by atoms with Crippen LogP contribution in [0.25, 0.3) is 0 Å². The molecular weight excluding hydrogens is 178 g/mol. The summed E-state index contributed by atoms with van der Waals surface area (Å²) < 4.78 is 0. The van der Waals surface area contributed by atoms with Crippen LogP contribution in [-0.4, -0.2) is 34.6 Å². The van der Waals surface area contributed by atoms with Crippen molar-refractivity contribution in [1.29, 1.82) is 0 Å². The molecule has 80 valence electrons. The van der Waals surface area contributed by atoms with Crippen LogP contribution in [0.3, 0.4) is 0 Å². The molecule has 2 fully saturated rings. The average Bonchev–Trinajstić information content (AvgIpc) is 2.78. The van der Waals surface area contributed by atoms with Gasteiger partial charge in [-0.2, -0.15) is 0 Å². The summed E-state index contributed by atoms with van der Waals surface area (Å²) in [5, 5.41) is 11.5. The lowest BCUT2D eigenvalue weighted by molar-refractivity contribution is 0.162. The van der Waals surface area contributed by atoms with Gasteiger partial charge >= 0.3 is 0 Å². The molecule has 4 heteroatoms. The fraction of sp³-hybridized carbons (Fsp3) is 0.900. The zero-order chi connectivity index (χ0) is 10.1. The molecule has 3 unspecified atom stereocenters. The van der Waals surface area contributed by atoms with E-state index in [1.807, 2.05) is 0 Å². The van der Waals surface area contributed by atoms with Crippen LogP contribution < -0.4 is 5.73 Å². The van der Waals surface area contributed by atoms with Crippen molar-refractivity contribution in [2.45, 2.75) is 44.7 Å². The molecule has 3 atom stereocenters. The van der Waals surface area contributed by atoms with Gasteiger partial charge in [0.25, 0.3) is 0 Å². The Morgan fingerprint density at radius 2 is 2.43 bits per heavy atom. The maximum absolute atomic E-state index is 8.50. The number of likely N-dealkylation sites (tertiary alicyclic amines) is 1. The number of rotatable bonds is 3. The molecule has 2 aliphatic rings. The second-order valence-corrected chi connectivity index (χ2v) is 4.67. The third kappa shape index (κ3) is 1.71. The first-order chi connectivity index (χ1) is 6.70. The predicted octanol–water partition coefficient (Wildman–Crippen LogP) is 0.996. The molecule has 1 saturated heterocycles. The molecule has 2 bridgehead atoms. The lowest BCUT2D eigenvalue weighted by atomic mass is 10.1. The van der Waals surface area contributed by atoms with Crippen molar-refractivity contribution in [3.63, 3.8) is 0 Å². The van der Waals surface area contributed by atoms with E-state index in [9.17, 15) is 0 Å². The standard InChI is InChI=1S/C10H19N3O/c1-7(4-10(11)12-14)13-6-8-2-3-9(13)5-8/h7-9,14H,2-6H2,1H3,(H2,11,12). The summed E-state index contributed by atoms with van der Waals surface area (Å²) in [5.74, 6) is 1.26. The van der Waals surface area contributed by atoms with Gasteiger partial charge in [0, 0.05) is 25.0 Å². The van der Waals surface area contributed by atoms with Crippen molar-refractivity contribution < 1.29 is 5.21 Å². The molecule has 1 saturated carbocycles. The molecule has 0 radical (unpaired) electrons. The Kier molecular flexibility index (Phi) is 2.63. The van der Waals surface area contributed by atoms with Gasteiger partial charge in [0.2, 0.25) is 0 Å². The van der Waals surface area contributed by atoms with Gasteiger partial charge in [-0.1, -0.05) is 5.16 Å². The Balaban J connectivity index is 1.89. The molecule has 0 spiro atoms. The second-order valence-electron chi connectivity index (χ2n) is 4.67. The molecule has 4 nitrogen and oxygen atoms in total. The van der Waals surface area contributed by atoms with Crippen molar-refractivity contribution in [1.82, 2.24) is 4.90 Å². The minimum atomic E-state index is 0.347. The van der Waals surface area contributed by atoms with E-state index in [-0.39, 0.29) is 0 Å². The first kappa shape index (κ1) is 9.77. The first-order valence-electron chi connectivity index (χ1n) is 5.43. The van der Waals surface area contributed by atoms with Crippen molar-refractivity contribution in [3.05, 3.63) is 0 Å². The molecule has 2 rings (SSSR count). The van der Waals surface area contributed by atoms with Crippen molar-refractivity contribution in [2.24, 2.45) is 16.8 Å². The molecule has 0 aromatic carbocycles. The van der Waals surface area contributed by atoms with Gasteiger partial charge in [-0.25, -0.2) is 0 Å². The van der Waals surface area contributed by atoms with E-state index in [1.165, 1.54) is 25.8 Å². The number of nitrogens with zero attached hydrogens (tertiary/aromatic N) is 2. The molecule has 0 aromatic rings. The van der Waals surface area contributed by atoms with E-state index < -0.39 is 0 Å². The van der Waals surface area contributed by atoms with Gasteiger partial charge in [0.05, 0.1) is 0 Å². The first-order valence-corrected chi connectivity index (χ1v) is 5.43. The maximum atomic E-state index is 8.50. The molecule has 0 aromatic heterocycles. The Hall–Kier alpha value is -0.770. The number of nitrogens with two attached hydrogens (primary N) is 1. The number of piperidine rings is 1. The van der Waals surface area contributed by atoms with E-state index in [1.54, 1.807) is 0 Å². The fourth-order valence-electron chi connectivity index (χ4n) is 2.96. The van der Waals surface area contributed by atoms with Crippen LogP contribution in [0.5, 0.6) is 0 Å². The summed E-state index contributed by atoms with van der Waals surface area (Å²) in [6.45, 7) is 3.38. The SMILES string of the molecule is CC(C/C(N)=N/O)N1CC2CCC1C2. The topological polar surface area (TPSA) is 61.9 Å². The Labute approximate surface area is 84.8 Å². The molecular formula is C10H19N3O. The van der Waals surface area contributed by atoms with Gasteiger partial charge in [0.1, 0.15) is 5.84 Å². The fourth-order valence-corrected chi connectivity index (χ4v) is 2.96. The van der Waals surface area contributed by atoms with Crippen LogP contribution in [0.1, 0.15) is 32.6 Å². The van der Waals surface area contributed by atoms with Gasteiger partial charge in [-0.15, -0.1) is 0 Å². The van der Waals surface area contributed by atoms with E-state index >= 15 is 0 Å². The second kappa shape index (κ2) is 3.77. The van der Waals surface area contributed by atoms with E-state index in [0.29, 0.717) is 18.3 Å². The minimum absolute atomic E-state index is 0.347. The van der Waals surface area contributed by atoms with Crippen molar-refractivity contribution in [2.75, 3.05) is 6.54 Å². The van der Waals surface area contributed by atoms with Crippen molar-refractivity contribution in [3.8, 4) is 0 Å². The Morgan fingerprint density at radius 3 is 2.93 bits per heavy atom. The summed E-state index contributed by atoms with van der Waals surface area (Å²) >= 11 is 0. The van der Waals surface area contributed by atoms with Crippen LogP contribution in [0.4, 0.5) is 0 Å². The number of hydrogen-bond acceptors (Lipinski definition) is 3. The Morgan fingerprint density at radius 1 is 1.64 bits per heavy atom. The molecule has 3 N–H and O–H groups in total. The summed E-state index contributed by atoms with van der Waals surface area (Å²) in [7, 11) is 0. The lowest BCUT2D eigenvalue weighted by Gasteiger charge is -2.32. The largest absolute Gasteiger partial charge is 0.409 e. The number of amidine groups is 1. The number of hydrogen-bond donors (Lipinski definition) is 2. The summed E-state index contributed by atoms with van der Waals surface area (Å²) in [6, 6.07) is 1.18. The molecule has 14 heavy (non-hydrogen) atoms. The zero-order valence-corrected chi connectivity index (χ0v) is 8.69. The predicted molar refractivity (Wildman–Crippen MR) is 55.3 cm³/mol. The third-order valence-electron chi connectivity index (χ3n) is 3.65. The maximum Gasteiger partial charge on any atom is 0.140 e. The minimum Gasteiger partial charge on any atom is -0.409 e. The summed E-state index contributed by atoms with van der Waals surface area (Å²) in [5.41, 5.74) is 5.51. The molecule has 1 aliphatic heterocycles. The summed E-state index contributed by atoms with van der Waals surface area (Å²) in [6.07, 6.45) is 4.78. The van der Waals surface area contributed by atoms with Crippen LogP contribution in [0.15, 0.2) is 5.16 Å². The van der Waals surface area contributed by atoms with Crippen LogP contribution >= 0.6 is 0 Å². The number of oxime groups is 1. The molecule has 1 heterocycles. The van der Waals surface area contributed by atoms with Crippen LogP contribution in [0.2, 0.25) is 0 Å². The van der Waals surface area contributed by atoms with E-state index in [4.69, 9.17) is 10.9 Å². The highest BCUT2D eigenvalue weighted by Crippen LogP contribution is 2.38. The normalized spacial score (nSPS) is 35.1. The highest BCUT2D eigenvalue weighted by atomic mass is 16.4. The van der Waals surface area contributed by atoms with Gasteiger partial charge in [0.15, 0.2) is 0 Å². The van der Waals surface area contributed by atoms with Crippen LogP contribution in [0, 0.1) is 5.92 Å². The summed E-state index contributed by atoms with van der Waals surface area (Å²) in [4.78, 5) is 2.52. The van der Waals surface area contributed by atoms with Gasteiger partial charge in [-0.3, -0.25) is 4.90 Å². The Bertz CT molecular complexity index is 242. The lowest BCUT2D eigenvalue weighted by Crippen LogP contribution is -2.41. The van der Waals surface area contributed by atoms with Crippen LogP contribution in [-0.2, 0) is 0 Å². The van der Waals surface area contributed by atoms with Gasteiger partial charge < -0.3 is 10.9 Å². The van der Waals surface area contributed by atoms with E-state index in [2.05, 4.69) is 17.0 Å². The number of fused-ring (bicyclic) bond motifs is 2. The van der Waals surface area contributed by atoms with Gasteiger partial charge in [-0.05, 0) is 32.1 Å². The smallest absolute Gasteiger partial charge is 0.140 e. The molecule has 0 amide bonds.